The van der Waals surface area contributed by atoms with Gasteiger partial charge in [0.25, 0.3) is 0 Å². The van der Waals surface area contributed by atoms with Crippen molar-refractivity contribution in [2.75, 3.05) is 13.7 Å². The van der Waals surface area contributed by atoms with Gasteiger partial charge in [0.15, 0.2) is 0 Å². The molecule has 22 heavy (non-hydrogen) atoms. The van der Waals surface area contributed by atoms with Crippen LogP contribution in [0.2, 0.25) is 0 Å². The van der Waals surface area contributed by atoms with Gasteiger partial charge >= 0.3 is 0 Å². The maximum atomic E-state index is 9.14. The largest absolute Gasteiger partial charge is 0.497 e. The fourth-order valence-corrected chi connectivity index (χ4v) is 2.64. The molecule has 2 unspecified atom stereocenters. The third-order valence-corrected chi connectivity index (χ3v) is 3.90. The van der Waals surface area contributed by atoms with Crippen LogP contribution in [0.3, 0.4) is 0 Å². The molecule has 2 rings (SSSR count). The van der Waals surface area contributed by atoms with Crippen molar-refractivity contribution in [3.8, 4) is 5.75 Å². The summed E-state index contributed by atoms with van der Waals surface area (Å²) in [7, 11) is 1.69. The number of ether oxygens (including phenoxy) is 1. The quantitative estimate of drug-likeness (QED) is 0.777. The van der Waals surface area contributed by atoms with Crippen LogP contribution in [-0.4, -0.2) is 18.8 Å². The van der Waals surface area contributed by atoms with E-state index in [-0.39, 0.29) is 18.7 Å². The van der Waals surface area contributed by atoms with Crippen molar-refractivity contribution < 1.29 is 9.84 Å². The van der Waals surface area contributed by atoms with Gasteiger partial charge in [0.1, 0.15) is 5.75 Å². The molecule has 2 aromatic rings. The molecule has 0 amide bonds. The molecule has 2 atom stereocenters. The van der Waals surface area contributed by atoms with Crippen molar-refractivity contribution in [3.63, 3.8) is 0 Å². The molecule has 0 aromatic heterocycles. The first kappa shape index (κ1) is 16.5. The lowest BCUT2D eigenvalue weighted by molar-refractivity contribution is 0.272. The van der Waals surface area contributed by atoms with Gasteiger partial charge in [-0.25, -0.2) is 0 Å². The number of rotatable bonds is 8. The molecule has 0 aliphatic rings. The fourth-order valence-electron chi connectivity index (χ4n) is 2.64. The number of aliphatic hydroxyl groups is 1. The molecule has 0 saturated carbocycles. The first-order chi connectivity index (χ1) is 10.7. The SMILES string of the molecule is COc1cccc(C(C)NC(CCCO)c2ccccc2)c1. The Kier molecular flexibility index (Phi) is 6.44. The molecule has 2 N–H and O–H groups in total. The minimum absolute atomic E-state index is 0.207. The third kappa shape index (κ3) is 4.58. The van der Waals surface area contributed by atoms with E-state index in [1.807, 2.05) is 18.2 Å². The van der Waals surface area contributed by atoms with E-state index in [4.69, 9.17) is 9.84 Å². The van der Waals surface area contributed by atoms with Crippen molar-refractivity contribution in [1.82, 2.24) is 5.32 Å². The average molecular weight is 299 g/mol. The summed E-state index contributed by atoms with van der Waals surface area (Å²) >= 11 is 0. The van der Waals surface area contributed by atoms with E-state index < -0.39 is 0 Å². The molecule has 2 aromatic carbocycles. The Morgan fingerprint density at radius 1 is 1.05 bits per heavy atom. The molecule has 0 aliphatic heterocycles. The third-order valence-electron chi connectivity index (χ3n) is 3.90. The zero-order valence-electron chi connectivity index (χ0n) is 13.3. The molecular weight excluding hydrogens is 274 g/mol. The lowest BCUT2D eigenvalue weighted by Crippen LogP contribution is -2.25. The number of methoxy groups -OCH3 is 1. The van der Waals surface area contributed by atoms with Crippen molar-refractivity contribution in [1.29, 1.82) is 0 Å². The molecular formula is C19H25NO2. The predicted octanol–water partition coefficient (Wildman–Crippen LogP) is 3.86. The van der Waals surface area contributed by atoms with E-state index in [9.17, 15) is 0 Å². The summed E-state index contributed by atoms with van der Waals surface area (Å²) in [5.74, 6) is 0.873. The summed E-state index contributed by atoms with van der Waals surface area (Å²) in [6, 6.07) is 19.0. The Labute approximate surface area is 133 Å². The van der Waals surface area contributed by atoms with Gasteiger partial charge in [-0.1, -0.05) is 42.5 Å². The average Bonchev–Trinajstić information content (AvgIpc) is 2.59. The number of hydrogen-bond donors (Lipinski definition) is 2. The van der Waals surface area contributed by atoms with Gasteiger partial charge in [0, 0.05) is 18.7 Å². The molecule has 3 nitrogen and oxygen atoms in total. The summed E-state index contributed by atoms with van der Waals surface area (Å²) in [4.78, 5) is 0. The highest BCUT2D eigenvalue weighted by Crippen LogP contribution is 2.25. The van der Waals surface area contributed by atoms with E-state index in [1.165, 1.54) is 11.1 Å². The molecule has 0 fully saturated rings. The predicted molar refractivity (Wildman–Crippen MR) is 90.0 cm³/mol. The van der Waals surface area contributed by atoms with Crippen molar-refractivity contribution >= 4 is 0 Å². The van der Waals surface area contributed by atoms with Crippen molar-refractivity contribution in [2.45, 2.75) is 31.8 Å². The highest BCUT2D eigenvalue weighted by atomic mass is 16.5. The van der Waals surface area contributed by atoms with Crippen molar-refractivity contribution in [3.05, 3.63) is 65.7 Å². The number of hydrogen-bond acceptors (Lipinski definition) is 3. The van der Waals surface area contributed by atoms with Gasteiger partial charge in [-0.05, 0) is 43.0 Å². The highest BCUT2D eigenvalue weighted by Gasteiger charge is 2.15. The maximum Gasteiger partial charge on any atom is 0.119 e. The molecule has 0 radical (unpaired) electrons. The lowest BCUT2D eigenvalue weighted by Gasteiger charge is -2.24. The zero-order chi connectivity index (χ0) is 15.8. The van der Waals surface area contributed by atoms with Gasteiger partial charge in [-0.15, -0.1) is 0 Å². The summed E-state index contributed by atoms with van der Waals surface area (Å²) in [6.45, 7) is 2.38. The molecule has 0 spiro atoms. The van der Waals surface area contributed by atoms with Crippen LogP contribution in [-0.2, 0) is 0 Å². The maximum absolute atomic E-state index is 9.14. The Hall–Kier alpha value is -1.84. The van der Waals surface area contributed by atoms with Crippen LogP contribution < -0.4 is 10.1 Å². The minimum Gasteiger partial charge on any atom is -0.497 e. The van der Waals surface area contributed by atoms with Crippen molar-refractivity contribution in [2.24, 2.45) is 0 Å². The normalized spacial score (nSPS) is 13.6. The Balaban J connectivity index is 2.11. The fraction of sp³-hybridized carbons (Fsp3) is 0.368. The summed E-state index contributed by atoms with van der Waals surface area (Å²) in [6.07, 6.45) is 1.70. The van der Waals surface area contributed by atoms with Gasteiger partial charge < -0.3 is 15.2 Å². The summed E-state index contributed by atoms with van der Waals surface area (Å²) in [5, 5.41) is 12.8. The molecule has 0 aliphatic carbocycles. The van der Waals surface area contributed by atoms with Gasteiger partial charge in [0.05, 0.1) is 7.11 Å². The summed E-state index contributed by atoms with van der Waals surface area (Å²) < 4.78 is 5.30. The second-order valence-electron chi connectivity index (χ2n) is 5.49. The van der Waals surface area contributed by atoms with E-state index in [0.717, 1.165) is 18.6 Å². The lowest BCUT2D eigenvalue weighted by atomic mass is 9.99. The van der Waals surface area contributed by atoms with Crippen LogP contribution >= 0.6 is 0 Å². The van der Waals surface area contributed by atoms with Crippen LogP contribution in [0.15, 0.2) is 54.6 Å². The topological polar surface area (TPSA) is 41.5 Å². The number of benzene rings is 2. The van der Waals surface area contributed by atoms with E-state index in [0.29, 0.717) is 0 Å². The first-order valence-electron chi connectivity index (χ1n) is 7.80. The standard InChI is InChI=1S/C19H25NO2/c1-15(17-10-6-11-18(14-17)22-2)20-19(12-7-13-21)16-8-4-3-5-9-16/h3-6,8-11,14-15,19-21H,7,12-13H2,1-2H3. The van der Waals surface area contributed by atoms with Crippen LogP contribution in [0.25, 0.3) is 0 Å². The van der Waals surface area contributed by atoms with E-state index in [2.05, 4.69) is 48.6 Å². The van der Waals surface area contributed by atoms with Crippen LogP contribution in [0, 0.1) is 0 Å². The van der Waals surface area contributed by atoms with Crippen LogP contribution in [0.5, 0.6) is 5.75 Å². The first-order valence-corrected chi connectivity index (χ1v) is 7.80. The highest BCUT2D eigenvalue weighted by molar-refractivity contribution is 5.30. The monoisotopic (exact) mass is 299 g/mol. The second kappa shape index (κ2) is 8.57. The van der Waals surface area contributed by atoms with Gasteiger partial charge in [0.2, 0.25) is 0 Å². The van der Waals surface area contributed by atoms with Gasteiger partial charge in [-0.2, -0.15) is 0 Å². The number of aliphatic hydroxyl groups excluding tert-OH is 1. The molecule has 118 valence electrons. The summed E-state index contributed by atoms with van der Waals surface area (Å²) in [5.41, 5.74) is 2.45. The molecule has 0 bridgehead atoms. The molecule has 0 saturated heterocycles. The smallest absolute Gasteiger partial charge is 0.119 e. The molecule has 0 heterocycles. The Morgan fingerprint density at radius 2 is 1.77 bits per heavy atom. The second-order valence-corrected chi connectivity index (χ2v) is 5.49. The van der Waals surface area contributed by atoms with Crippen LogP contribution in [0.1, 0.15) is 43.0 Å². The van der Waals surface area contributed by atoms with Crippen LogP contribution in [0.4, 0.5) is 0 Å². The zero-order valence-corrected chi connectivity index (χ0v) is 13.3. The minimum atomic E-state index is 0.207. The van der Waals surface area contributed by atoms with Gasteiger partial charge in [-0.3, -0.25) is 0 Å². The number of nitrogens with one attached hydrogen (secondary N) is 1. The molecule has 3 heteroatoms. The Bertz CT molecular complexity index is 556. The Morgan fingerprint density at radius 3 is 2.45 bits per heavy atom. The van der Waals surface area contributed by atoms with E-state index >= 15 is 0 Å². The van der Waals surface area contributed by atoms with E-state index in [1.54, 1.807) is 7.11 Å².